The van der Waals surface area contributed by atoms with Gasteiger partial charge in [0.2, 0.25) is 0 Å². The highest BCUT2D eigenvalue weighted by Crippen LogP contribution is 2.22. The molecule has 1 aromatic heterocycles. The summed E-state index contributed by atoms with van der Waals surface area (Å²) in [6, 6.07) is 12.0. The zero-order valence-corrected chi connectivity index (χ0v) is 10.5. The van der Waals surface area contributed by atoms with E-state index in [0.717, 1.165) is 16.8 Å². The molecule has 0 radical (unpaired) electrons. The van der Waals surface area contributed by atoms with Crippen molar-refractivity contribution in [2.45, 2.75) is 6.92 Å². The van der Waals surface area contributed by atoms with Crippen LogP contribution in [0.4, 0.5) is 11.5 Å². The molecule has 3 N–H and O–H groups in total. The van der Waals surface area contributed by atoms with Crippen LogP contribution in [0.15, 0.2) is 47.6 Å². The number of aromatic nitrogens is 1. The fourth-order valence-corrected chi connectivity index (χ4v) is 1.63. The van der Waals surface area contributed by atoms with Crippen LogP contribution in [0.1, 0.15) is 6.92 Å². The lowest BCUT2D eigenvalue weighted by Crippen LogP contribution is -2.04. The van der Waals surface area contributed by atoms with Gasteiger partial charge in [-0.2, -0.15) is 0 Å². The molecular formula is C14H16N4. The summed E-state index contributed by atoms with van der Waals surface area (Å²) in [5.74, 6) is 1.14. The van der Waals surface area contributed by atoms with Crippen molar-refractivity contribution in [2.24, 2.45) is 10.7 Å². The first kappa shape index (κ1) is 12.1. The fraction of sp³-hybridized carbons (Fsp3) is 0.143. The Morgan fingerprint density at radius 3 is 2.28 bits per heavy atom. The Hall–Kier alpha value is -2.36. The van der Waals surface area contributed by atoms with E-state index in [1.165, 1.54) is 0 Å². The molecule has 0 saturated carbocycles. The smallest absolute Gasteiger partial charge is 0.153 e. The van der Waals surface area contributed by atoms with E-state index in [2.05, 4.69) is 27.4 Å². The first-order valence-electron chi connectivity index (χ1n) is 5.74. The van der Waals surface area contributed by atoms with Crippen LogP contribution >= 0.6 is 0 Å². The topological polar surface area (TPSA) is 63.3 Å². The van der Waals surface area contributed by atoms with Crippen LogP contribution in [0.25, 0.3) is 11.1 Å². The molecule has 1 aromatic carbocycles. The number of pyridine rings is 1. The normalized spacial score (nSPS) is 11.3. The summed E-state index contributed by atoms with van der Waals surface area (Å²) in [6.07, 6.45) is 1.80. The number of hydrogen-bond donors (Lipinski definition) is 2. The van der Waals surface area contributed by atoms with Crippen molar-refractivity contribution >= 4 is 17.3 Å². The summed E-state index contributed by atoms with van der Waals surface area (Å²) in [5.41, 5.74) is 8.79. The van der Waals surface area contributed by atoms with Crippen molar-refractivity contribution in [3.63, 3.8) is 0 Å². The van der Waals surface area contributed by atoms with Crippen LogP contribution in [0.5, 0.6) is 0 Å². The Balaban J connectivity index is 2.25. The van der Waals surface area contributed by atoms with Crippen LogP contribution in [0.3, 0.4) is 0 Å². The van der Waals surface area contributed by atoms with E-state index >= 15 is 0 Å². The van der Waals surface area contributed by atoms with E-state index in [4.69, 9.17) is 5.73 Å². The molecule has 0 unspecified atom stereocenters. The van der Waals surface area contributed by atoms with Gasteiger partial charge in [0.05, 0.1) is 5.84 Å². The maximum absolute atomic E-state index is 5.51. The van der Waals surface area contributed by atoms with Gasteiger partial charge in [-0.15, -0.1) is 0 Å². The molecule has 0 fully saturated rings. The van der Waals surface area contributed by atoms with E-state index in [0.29, 0.717) is 11.7 Å². The average Bonchev–Trinajstić information content (AvgIpc) is 2.39. The monoisotopic (exact) mass is 240 g/mol. The van der Waals surface area contributed by atoms with Crippen LogP contribution in [0.2, 0.25) is 0 Å². The summed E-state index contributed by atoms with van der Waals surface area (Å²) in [6.45, 7) is 1.74. The lowest BCUT2D eigenvalue weighted by atomic mass is 10.1. The van der Waals surface area contributed by atoms with Gasteiger partial charge in [0.25, 0.3) is 0 Å². The van der Waals surface area contributed by atoms with Crippen LogP contribution in [0, 0.1) is 0 Å². The Bertz CT molecular complexity index is 537. The molecule has 2 rings (SSSR count). The second-order valence-corrected chi connectivity index (χ2v) is 3.99. The van der Waals surface area contributed by atoms with Crippen molar-refractivity contribution < 1.29 is 0 Å². The minimum absolute atomic E-state index is 0.508. The quantitative estimate of drug-likeness (QED) is 0.640. The minimum Gasteiger partial charge on any atom is -0.388 e. The molecule has 0 atom stereocenters. The number of nitrogens with two attached hydrogens (primary N) is 1. The van der Waals surface area contributed by atoms with Gasteiger partial charge in [-0.1, -0.05) is 12.1 Å². The third-order valence-electron chi connectivity index (χ3n) is 2.55. The maximum Gasteiger partial charge on any atom is 0.153 e. The van der Waals surface area contributed by atoms with Gasteiger partial charge in [0.1, 0.15) is 0 Å². The SMILES string of the molecule is CNc1ccc(-c2ccc(N=C(C)N)nc2)cc1. The van der Waals surface area contributed by atoms with Crippen LogP contribution < -0.4 is 11.1 Å². The highest BCUT2D eigenvalue weighted by Gasteiger charge is 1.99. The number of amidine groups is 1. The third-order valence-corrected chi connectivity index (χ3v) is 2.55. The molecule has 92 valence electrons. The van der Waals surface area contributed by atoms with Crippen LogP contribution in [-0.4, -0.2) is 17.9 Å². The van der Waals surface area contributed by atoms with Crippen molar-refractivity contribution in [3.8, 4) is 11.1 Å². The summed E-state index contributed by atoms with van der Waals surface area (Å²) < 4.78 is 0. The summed E-state index contributed by atoms with van der Waals surface area (Å²) in [4.78, 5) is 8.35. The predicted octanol–water partition coefficient (Wildman–Crippen LogP) is 2.80. The highest BCUT2D eigenvalue weighted by atomic mass is 14.9. The number of rotatable bonds is 3. The first-order chi connectivity index (χ1) is 8.69. The molecule has 1 heterocycles. The molecule has 18 heavy (non-hydrogen) atoms. The standard InChI is InChI=1S/C14H16N4/c1-10(15)18-14-8-5-12(9-17-14)11-3-6-13(16-2)7-4-11/h3-9,16H,1-2H3,(H2,15,17,18). The minimum atomic E-state index is 0.508. The zero-order valence-electron chi connectivity index (χ0n) is 10.5. The lowest BCUT2D eigenvalue weighted by molar-refractivity contribution is 1.26. The molecule has 0 amide bonds. The van der Waals surface area contributed by atoms with Gasteiger partial charge in [-0.05, 0) is 36.8 Å². The maximum atomic E-state index is 5.51. The third kappa shape index (κ3) is 2.85. The predicted molar refractivity (Wildman–Crippen MR) is 76.2 cm³/mol. The summed E-state index contributed by atoms with van der Waals surface area (Å²) >= 11 is 0. The van der Waals surface area contributed by atoms with Gasteiger partial charge in [-0.25, -0.2) is 9.98 Å². The van der Waals surface area contributed by atoms with E-state index in [-0.39, 0.29) is 0 Å². The van der Waals surface area contributed by atoms with Crippen molar-refractivity contribution in [2.75, 3.05) is 12.4 Å². The zero-order chi connectivity index (χ0) is 13.0. The number of nitrogens with zero attached hydrogens (tertiary/aromatic N) is 2. The van der Waals surface area contributed by atoms with Crippen LogP contribution in [-0.2, 0) is 0 Å². The molecule has 0 aliphatic carbocycles. The van der Waals surface area contributed by atoms with E-state index < -0.39 is 0 Å². The highest BCUT2D eigenvalue weighted by molar-refractivity contribution is 5.80. The summed E-state index contributed by atoms with van der Waals surface area (Å²) in [5, 5.41) is 3.09. The fourth-order valence-electron chi connectivity index (χ4n) is 1.63. The second kappa shape index (κ2) is 5.31. The van der Waals surface area contributed by atoms with E-state index in [1.54, 1.807) is 13.1 Å². The molecule has 2 aromatic rings. The van der Waals surface area contributed by atoms with E-state index in [9.17, 15) is 0 Å². The Kier molecular flexibility index (Phi) is 3.57. The van der Waals surface area contributed by atoms with Gasteiger partial charge in [0.15, 0.2) is 5.82 Å². The number of benzene rings is 1. The van der Waals surface area contributed by atoms with Crippen molar-refractivity contribution in [1.82, 2.24) is 4.98 Å². The largest absolute Gasteiger partial charge is 0.388 e. The van der Waals surface area contributed by atoms with Gasteiger partial charge in [-0.3, -0.25) is 0 Å². The molecule has 0 bridgehead atoms. The Labute approximate surface area is 107 Å². The summed E-state index contributed by atoms with van der Waals surface area (Å²) in [7, 11) is 1.90. The van der Waals surface area contributed by atoms with Crippen molar-refractivity contribution in [3.05, 3.63) is 42.6 Å². The molecular weight excluding hydrogens is 224 g/mol. The molecule has 4 nitrogen and oxygen atoms in total. The second-order valence-electron chi connectivity index (χ2n) is 3.99. The molecule has 0 saturated heterocycles. The molecule has 0 spiro atoms. The molecule has 0 aliphatic heterocycles. The van der Waals surface area contributed by atoms with Gasteiger partial charge < -0.3 is 11.1 Å². The number of anilines is 1. The Morgan fingerprint density at radius 1 is 1.11 bits per heavy atom. The van der Waals surface area contributed by atoms with E-state index in [1.807, 2.05) is 31.3 Å². The first-order valence-corrected chi connectivity index (χ1v) is 5.74. The lowest BCUT2D eigenvalue weighted by Gasteiger charge is -2.04. The van der Waals surface area contributed by atoms with Crippen molar-refractivity contribution in [1.29, 1.82) is 0 Å². The molecule has 4 heteroatoms. The van der Waals surface area contributed by atoms with Gasteiger partial charge in [0, 0.05) is 24.5 Å². The van der Waals surface area contributed by atoms with Gasteiger partial charge >= 0.3 is 0 Å². The Morgan fingerprint density at radius 2 is 1.78 bits per heavy atom. The number of nitrogens with one attached hydrogen (secondary N) is 1. The molecule has 0 aliphatic rings. The number of hydrogen-bond acceptors (Lipinski definition) is 3. The number of aliphatic imine (C=N–C) groups is 1. The average molecular weight is 240 g/mol.